The van der Waals surface area contributed by atoms with Crippen molar-refractivity contribution in [3.05, 3.63) is 12.7 Å². The molecule has 0 saturated carbocycles. The van der Waals surface area contributed by atoms with Gasteiger partial charge in [0.05, 0.1) is 6.33 Å². The van der Waals surface area contributed by atoms with Crippen LogP contribution in [0.3, 0.4) is 0 Å². The average Bonchev–Trinajstić information content (AvgIpc) is 2.96. The summed E-state index contributed by atoms with van der Waals surface area (Å²) in [5, 5.41) is 0. The zero-order valence-electron chi connectivity index (χ0n) is 11.5. The Kier molecular flexibility index (Phi) is 4.30. The van der Waals surface area contributed by atoms with Crippen molar-refractivity contribution < 1.29 is 8.42 Å². The minimum Gasteiger partial charge on any atom is -0.355 e. The molecule has 0 atom stereocenters. The molecule has 1 aliphatic heterocycles. The molecule has 8 nitrogen and oxygen atoms in total. The van der Waals surface area contributed by atoms with E-state index in [1.807, 2.05) is 0 Å². The maximum Gasteiger partial charge on any atom is 0.201 e. The molecule has 1 saturated heterocycles. The van der Waals surface area contributed by atoms with Crippen LogP contribution >= 0.6 is 0 Å². The van der Waals surface area contributed by atoms with E-state index >= 15 is 0 Å². The quantitative estimate of drug-likeness (QED) is 0.676. The molecule has 3 rings (SSSR count). The van der Waals surface area contributed by atoms with Crippen LogP contribution in [0.15, 0.2) is 12.7 Å². The fourth-order valence-electron chi connectivity index (χ4n) is 2.79. The molecule has 0 radical (unpaired) electrons. The molecule has 2 aromatic heterocycles. The Morgan fingerprint density at radius 2 is 2.10 bits per heavy atom. The molecule has 0 aromatic carbocycles. The molecule has 1 aliphatic rings. The van der Waals surface area contributed by atoms with Gasteiger partial charge < -0.3 is 9.88 Å². The highest BCUT2D eigenvalue weighted by molar-refractivity contribution is 7.70. The number of rotatable bonds is 5. The first-order valence-electron chi connectivity index (χ1n) is 7.01. The second-order valence-electron chi connectivity index (χ2n) is 5.18. The van der Waals surface area contributed by atoms with Gasteiger partial charge in [0.2, 0.25) is 10.9 Å². The van der Waals surface area contributed by atoms with Gasteiger partial charge in [-0.25, -0.2) is 28.1 Å². The van der Waals surface area contributed by atoms with Crippen molar-refractivity contribution in [2.24, 2.45) is 5.92 Å². The molecule has 0 spiro atoms. The summed E-state index contributed by atoms with van der Waals surface area (Å²) in [6, 6.07) is 0. The van der Waals surface area contributed by atoms with E-state index in [0.29, 0.717) is 18.1 Å². The van der Waals surface area contributed by atoms with Crippen LogP contribution in [0.1, 0.15) is 19.3 Å². The van der Waals surface area contributed by atoms with Gasteiger partial charge in [-0.15, -0.1) is 0 Å². The zero-order chi connectivity index (χ0) is 14.7. The van der Waals surface area contributed by atoms with Gasteiger partial charge in [-0.1, -0.05) is 0 Å². The molecule has 2 aromatic rings. The van der Waals surface area contributed by atoms with E-state index in [0.717, 1.165) is 43.7 Å². The van der Waals surface area contributed by atoms with E-state index in [4.69, 9.17) is 0 Å². The van der Waals surface area contributed by atoms with Crippen LogP contribution in [-0.4, -0.2) is 48.0 Å². The third-order valence-electron chi connectivity index (χ3n) is 3.91. The molecule has 1 fully saturated rings. The fourth-order valence-corrected chi connectivity index (χ4v) is 3.10. The smallest absolute Gasteiger partial charge is 0.201 e. The number of hydrogen-bond acceptors (Lipinski definition) is 6. The fraction of sp³-hybridized carbons (Fsp3) is 0.583. The third kappa shape index (κ3) is 3.30. The first-order chi connectivity index (χ1) is 10.2. The van der Waals surface area contributed by atoms with Crippen molar-refractivity contribution in [3.63, 3.8) is 0 Å². The highest BCUT2D eigenvalue weighted by Gasteiger charge is 2.22. The first-order valence-corrected chi connectivity index (χ1v) is 8.18. The van der Waals surface area contributed by atoms with E-state index < -0.39 is 10.9 Å². The number of aromatic amines is 1. The lowest BCUT2D eigenvalue weighted by molar-refractivity contribution is 0.381. The van der Waals surface area contributed by atoms with Gasteiger partial charge in [0.15, 0.2) is 11.5 Å². The maximum absolute atomic E-state index is 10.5. The van der Waals surface area contributed by atoms with E-state index in [-0.39, 0.29) is 0 Å². The van der Waals surface area contributed by atoms with Crippen molar-refractivity contribution in [1.82, 2.24) is 24.7 Å². The summed E-state index contributed by atoms with van der Waals surface area (Å²) in [5.74, 6) is 1.46. The standard InChI is InChI=1S/C12H18N6O2S/c19-21(20)17-4-1-9-2-5-18(6-3-9)12-10-11(14-7-13-10)15-8-16-12/h7-9,21H,1-6H2,(H,17,19,20)(H,13,14,15,16). The topological polar surface area (TPSA) is 104 Å². The predicted octanol–water partition coefficient (Wildman–Crippen LogP) is 0.0754. The second kappa shape index (κ2) is 6.35. The Balaban J connectivity index is 1.59. The lowest BCUT2D eigenvalue weighted by Crippen LogP contribution is -2.35. The van der Waals surface area contributed by atoms with E-state index in [1.54, 1.807) is 12.7 Å². The van der Waals surface area contributed by atoms with Crippen molar-refractivity contribution in [2.75, 3.05) is 24.5 Å². The van der Waals surface area contributed by atoms with Gasteiger partial charge in [0.25, 0.3) is 0 Å². The van der Waals surface area contributed by atoms with Crippen LogP contribution in [0.4, 0.5) is 5.82 Å². The average molecular weight is 310 g/mol. The van der Waals surface area contributed by atoms with E-state index in [9.17, 15) is 8.42 Å². The predicted molar refractivity (Wildman–Crippen MR) is 79.6 cm³/mol. The number of anilines is 1. The Morgan fingerprint density at radius 1 is 1.29 bits per heavy atom. The van der Waals surface area contributed by atoms with Crippen molar-refractivity contribution in [3.8, 4) is 0 Å². The molecule has 0 aliphatic carbocycles. The number of hydrogen-bond donors (Lipinski definition) is 3. The highest BCUT2D eigenvalue weighted by Crippen LogP contribution is 2.26. The normalized spacial score (nSPS) is 16.9. The van der Waals surface area contributed by atoms with Crippen LogP contribution in [0, 0.1) is 5.92 Å². The Morgan fingerprint density at radius 3 is 2.86 bits per heavy atom. The van der Waals surface area contributed by atoms with Crippen LogP contribution < -0.4 is 9.62 Å². The lowest BCUT2D eigenvalue weighted by atomic mass is 9.93. The number of H-pyrrole nitrogens is 1. The second-order valence-corrected chi connectivity index (χ2v) is 6.01. The van der Waals surface area contributed by atoms with Gasteiger partial charge in [-0.2, -0.15) is 0 Å². The molecule has 9 heteroatoms. The summed E-state index contributed by atoms with van der Waals surface area (Å²) in [7, 11) is -2.48. The SMILES string of the molecule is O=[SH](=O)NCCC1CCN(c2ncnc3nc[nH]c23)CC1. The summed E-state index contributed by atoms with van der Waals surface area (Å²) in [4.78, 5) is 18.0. The van der Waals surface area contributed by atoms with Crippen LogP contribution in [0.5, 0.6) is 0 Å². The highest BCUT2D eigenvalue weighted by atomic mass is 32.2. The van der Waals surface area contributed by atoms with E-state index in [2.05, 4.69) is 29.6 Å². The Bertz CT molecular complexity index is 669. The van der Waals surface area contributed by atoms with E-state index in [1.165, 1.54) is 0 Å². The van der Waals surface area contributed by atoms with Gasteiger partial charge in [0, 0.05) is 19.6 Å². The monoisotopic (exact) mass is 310 g/mol. The largest absolute Gasteiger partial charge is 0.355 e. The number of nitrogens with zero attached hydrogens (tertiary/aromatic N) is 4. The number of piperidine rings is 1. The van der Waals surface area contributed by atoms with Gasteiger partial charge in [-0.05, 0) is 25.2 Å². The molecule has 3 heterocycles. The van der Waals surface area contributed by atoms with Gasteiger partial charge in [0.1, 0.15) is 11.8 Å². The number of imidazole rings is 1. The number of aromatic nitrogens is 4. The molecule has 0 bridgehead atoms. The van der Waals surface area contributed by atoms with Gasteiger partial charge >= 0.3 is 0 Å². The Hall–Kier alpha value is -1.74. The number of fused-ring (bicyclic) bond motifs is 1. The van der Waals surface area contributed by atoms with Gasteiger partial charge in [-0.3, -0.25) is 0 Å². The van der Waals surface area contributed by atoms with Crippen LogP contribution in [-0.2, 0) is 10.9 Å². The minimum absolute atomic E-state index is 0.529. The molecule has 114 valence electrons. The molecule has 2 N–H and O–H groups in total. The zero-order valence-corrected chi connectivity index (χ0v) is 12.4. The Labute approximate surface area is 124 Å². The van der Waals surface area contributed by atoms with Crippen molar-refractivity contribution in [2.45, 2.75) is 19.3 Å². The maximum atomic E-state index is 10.5. The number of nitrogens with one attached hydrogen (secondary N) is 2. The van der Waals surface area contributed by atoms with Crippen molar-refractivity contribution >= 4 is 27.9 Å². The minimum atomic E-state index is -2.48. The van der Waals surface area contributed by atoms with Crippen molar-refractivity contribution in [1.29, 1.82) is 0 Å². The molecular formula is C12H18N6O2S. The first kappa shape index (κ1) is 14.2. The summed E-state index contributed by atoms with van der Waals surface area (Å²) < 4.78 is 23.4. The van der Waals surface area contributed by atoms with Crippen LogP contribution in [0.25, 0.3) is 11.2 Å². The summed E-state index contributed by atoms with van der Waals surface area (Å²) in [6.45, 7) is 2.36. The molecule has 0 unspecified atom stereocenters. The summed E-state index contributed by atoms with van der Waals surface area (Å²) in [5.41, 5.74) is 1.56. The summed E-state index contributed by atoms with van der Waals surface area (Å²) >= 11 is 0. The third-order valence-corrected chi connectivity index (χ3v) is 4.39. The molecule has 0 amide bonds. The number of thiol groups is 1. The molecule has 21 heavy (non-hydrogen) atoms. The molecular weight excluding hydrogens is 292 g/mol. The summed E-state index contributed by atoms with van der Waals surface area (Å²) in [6.07, 6.45) is 6.14. The lowest BCUT2D eigenvalue weighted by Gasteiger charge is -2.32. The van der Waals surface area contributed by atoms with Crippen LogP contribution in [0.2, 0.25) is 0 Å².